The van der Waals surface area contributed by atoms with Crippen molar-refractivity contribution >= 4 is 39.1 Å². The number of ketones is 1. The number of carbonyl (C=O) groups excluding carboxylic acids is 2. The van der Waals surface area contributed by atoms with Gasteiger partial charge in [0.1, 0.15) is 5.75 Å². The Morgan fingerprint density at radius 2 is 1.91 bits per heavy atom. The van der Waals surface area contributed by atoms with Gasteiger partial charge < -0.3 is 20.3 Å². The van der Waals surface area contributed by atoms with Gasteiger partial charge in [0.05, 0.1) is 20.8 Å². The van der Waals surface area contributed by atoms with Gasteiger partial charge in [0.15, 0.2) is 17.3 Å². The average molecular weight is 604 g/mol. The van der Waals surface area contributed by atoms with E-state index in [2.05, 4.69) is 46.4 Å². The lowest BCUT2D eigenvalue weighted by Crippen LogP contribution is -2.30. The summed E-state index contributed by atoms with van der Waals surface area (Å²) in [5.41, 5.74) is 2.37. The number of fused-ring (bicyclic) bond motifs is 1. The lowest BCUT2D eigenvalue weighted by atomic mass is 9.86. The second kappa shape index (κ2) is 13.6. The molecule has 4 aromatic rings. The summed E-state index contributed by atoms with van der Waals surface area (Å²) in [5, 5.41) is 5.46. The molecule has 0 saturated heterocycles. The molecule has 0 aliphatic heterocycles. The van der Waals surface area contributed by atoms with Crippen molar-refractivity contribution in [3.05, 3.63) is 66.2 Å². The van der Waals surface area contributed by atoms with Crippen molar-refractivity contribution < 1.29 is 18.7 Å². The van der Waals surface area contributed by atoms with E-state index in [0.717, 1.165) is 54.0 Å². The van der Waals surface area contributed by atoms with Crippen LogP contribution in [0.3, 0.4) is 0 Å². The molecular formula is C33H38FN5O3S. The zero-order chi connectivity index (χ0) is 30.5. The quantitative estimate of drug-likeness (QED) is 0.152. The van der Waals surface area contributed by atoms with Crippen LogP contribution in [0.15, 0.2) is 54.9 Å². The van der Waals surface area contributed by atoms with Crippen molar-refractivity contribution in [2.45, 2.75) is 52.5 Å². The second-order valence-corrected chi connectivity index (χ2v) is 12.5. The van der Waals surface area contributed by atoms with Crippen LogP contribution in [0, 0.1) is 17.7 Å². The molecule has 1 fully saturated rings. The number of nitrogens with zero attached hydrogens (tertiary/aromatic N) is 3. The fourth-order valence-corrected chi connectivity index (χ4v) is 5.90. The molecule has 0 radical (unpaired) electrons. The minimum absolute atomic E-state index is 0.0388. The zero-order valence-corrected chi connectivity index (χ0v) is 25.8. The predicted octanol–water partition coefficient (Wildman–Crippen LogP) is 7.76. The molecule has 8 nitrogen and oxygen atoms in total. The first-order valence-corrected chi connectivity index (χ1v) is 15.7. The zero-order valence-electron chi connectivity index (χ0n) is 25.0. The van der Waals surface area contributed by atoms with E-state index in [1.165, 1.54) is 23.5 Å². The molecule has 3 aromatic heterocycles. The fourth-order valence-electron chi connectivity index (χ4n) is 4.86. The van der Waals surface area contributed by atoms with Gasteiger partial charge >= 0.3 is 6.03 Å². The number of urea groups is 1. The molecule has 2 N–H and O–H groups in total. The lowest BCUT2D eigenvalue weighted by Gasteiger charge is -2.22. The van der Waals surface area contributed by atoms with Crippen LogP contribution in [0.1, 0.15) is 56.8 Å². The van der Waals surface area contributed by atoms with Gasteiger partial charge in [-0.05, 0) is 82.1 Å². The number of pyridine rings is 2. The molecule has 3 heterocycles. The molecule has 2 atom stereocenters. The number of benzene rings is 1. The molecule has 2 amide bonds. The van der Waals surface area contributed by atoms with Crippen LogP contribution in [0.5, 0.6) is 11.5 Å². The molecule has 43 heavy (non-hydrogen) atoms. The highest BCUT2D eigenvalue weighted by Crippen LogP contribution is 2.39. The minimum Gasteiger partial charge on any atom is -0.453 e. The Labute approximate surface area is 255 Å². The molecule has 1 aliphatic rings. The third-order valence-corrected chi connectivity index (χ3v) is 9.00. The normalized spacial score (nSPS) is 14.5. The predicted molar refractivity (Wildman–Crippen MR) is 170 cm³/mol. The first kappa shape index (κ1) is 30.6. The second-order valence-electron chi connectivity index (χ2n) is 11.4. The average Bonchev–Trinajstić information content (AvgIpc) is 3.70. The fraction of sp³-hybridized carbons (Fsp3) is 0.394. The highest BCUT2D eigenvalue weighted by atomic mass is 32.1. The van der Waals surface area contributed by atoms with E-state index in [0.29, 0.717) is 22.5 Å². The van der Waals surface area contributed by atoms with E-state index in [9.17, 15) is 14.0 Å². The number of rotatable bonds is 13. The summed E-state index contributed by atoms with van der Waals surface area (Å²) in [5.74, 6) is 0.182. The highest BCUT2D eigenvalue weighted by molar-refractivity contribution is 7.22. The molecule has 2 unspecified atom stereocenters. The maximum atomic E-state index is 14.9. The van der Waals surface area contributed by atoms with Crippen LogP contribution in [0.4, 0.5) is 14.9 Å². The number of carbonyl (C=O) groups is 2. The molecule has 5 rings (SSSR count). The van der Waals surface area contributed by atoms with Crippen LogP contribution in [-0.4, -0.2) is 52.9 Å². The number of anilines is 1. The Morgan fingerprint density at radius 1 is 1.09 bits per heavy atom. The van der Waals surface area contributed by atoms with E-state index < -0.39 is 5.82 Å². The van der Waals surface area contributed by atoms with Gasteiger partial charge in [-0.25, -0.2) is 9.18 Å². The summed E-state index contributed by atoms with van der Waals surface area (Å²) < 4.78 is 21.6. The molecule has 1 aromatic carbocycles. The van der Waals surface area contributed by atoms with E-state index in [1.807, 2.05) is 25.1 Å². The van der Waals surface area contributed by atoms with Crippen molar-refractivity contribution in [3.8, 4) is 22.1 Å². The van der Waals surface area contributed by atoms with Gasteiger partial charge in [-0.1, -0.05) is 20.8 Å². The van der Waals surface area contributed by atoms with Gasteiger partial charge in [0.2, 0.25) is 0 Å². The summed E-state index contributed by atoms with van der Waals surface area (Å²) >= 11 is 1.44. The maximum Gasteiger partial charge on any atom is 0.319 e. The molecule has 0 bridgehead atoms. The minimum atomic E-state index is -0.593. The Hall–Kier alpha value is -3.89. The Bertz CT molecular complexity index is 1590. The highest BCUT2D eigenvalue weighted by Gasteiger charge is 2.24. The summed E-state index contributed by atoms with van der Waals surface area (Å²) in [7, 11) is 2.12. The lowest BCUT2D eigenvalue weighted by molar-refractivity contribution is 0.0884. The Kier molecular flexibility index (Phi) is 9.67. The van der Waals surface area contributed by atoms with E-state index in [1.54, 1.807) is 24.5 Å². The Balaban J connectivity index is 1.26. The van der Waals surface area contributed by atoms with Crippen LogP contribution < -0.4 is 15.4 Å². The molecule has 0 spiro atoms. The van der Waals surface area contributed by atoms with E-state index in [-0.39, 0.29) is 35.4 Å². The summed E-state index contributed by atoms with van der Waals surface area (Å²) in [6.45, 7) is 8.34. The number of thiophene rings is 1. The number of hydrogen-bond acceptors (Lipinski definition) is 7. The first-order chi connectivity index (χ1) is 20.7. The third kappa shape index (κ3) is 7.74. The van der Waals surface area contributed by atoms with Crippen molar-refractivity contribution in [2.24, 2.45) is 11.8 Å². The van der Waals surface area contributed by atoms with E-state index in [4.69, 9.17) is 4.74 Å². The summed E-state index contributed by atoms with van der Waals surface area (Å²) in [4.78, 5) is 37.4. The van der Waals surface area contributed by atoms with Crippen LogP contribution in [0.25, 0.3) is 20.8 Å². The number of nitrogens with one attached hydrogen (secondary N) is 2. The summed E-state index contributed by atoms with van der Waals surface area (Å²) in [6, 6.07) is 11.5. The number of hydrogen-bond donors (Lipinski definition) is 2. The number of aromatic nitrogens is 2. The molecular weight excluding hydrogens is 565 g/mol. The van der Waals surface area contributed by atoms with Crippen LogP contribution in [0.2, 0.25) is 0 Å². The van der Waals surface area contributed by atoms with Crippen molar-refractivity contribution in [1.29, 1.82) is 0 Å². The summed E-state index contributed by atoms with van der Waals surface area (Å²) in [6.07, 6.45) is 7.29. The van der Waals surface area contributed by atoms with E-state index >= 15 is 0 Å². The third-order valence-electron chi connectivity index (χ3n) is 7.84. The van der Waals surface area contributed by atoms with Gasteiger partial charge in [-0.2, -0.15) is 0 Å². The Morgan fingerprint density at radius 3 is 2.60 bits per heavy atom. The first-order valence-electron chi connectivity index (χ1n) is 14.8. The molecule has 10 heteroatoms. The number of Topliss-reactive ketones (excluding diaryl/α,β-unsaturated/α-hetero) is 1. The van der Waals surface area contributed by atoms with Crippen molar-refractivity contribution in [3.63, 3.8) is 0 Å². The van der Waals surface area contributed by atoms with Gasteiger partial charge in [-0.3, -0.25) is 14.8 Å². The standard InChI is InChI=1S/C33H38FN5O3S/c1-5-15-39(4)16-13-20(2)21(3)31(40)22-6-10-26(36-19-22)30-18-27-32(43-30)29(12-14-35-27)42-28-11-9-24(17-25(28)34)38-33(41)37-23-7-8-23/h6,9-12,14,17-21,23H,5,7-8,13,15-16H2,1-4H3,(H2,37,38,41). The van der Waals surface area contributed by atoms with Crippen LogP contribution >= 0.6 is 11.3 Å². The van der Waals surface area contributed by atoms with Crippen LogP contribution in [-0.2, 0) is 0 Å². The van der Waals surface area contributed by atoms with Crippen molar-refractivity contribution in [2.75, 3.05) is 25.5 Å². The monoisotopic (exact) mass is 603 g/mol. The molecule has 1 saturated carbocycles. The van der Waals surface area contributed by atoms with Gasteiger partial charge in [-0.15, -0.1) is 11.3 Å². The number of ether oxygens (including phenoxy) is 1. The van der Waals surface area contributed by atoms with Gasteiger partial charge in [0.25, 0.3) is 0 Å². The SMILES string of the molecule is CCCN(C)CCC(C)C(C)C(=O)c1ccc(-c2cc3nccc(Oc4ccc(NC(=O)NC5CC5)cc4F)c3s2)nc1. The van der Waals surface area contributed by atoms with Gasteiger partial charge in [0, 0.05) is 47.7 Å². The maximum absolute atomic E-state index is 14.9. The smallest absolute Gasteiger partial charge is 0.319 e. The molecule has 226 valence electrons. The number of amides is 2. The number of halogens is 1. The largest absolute Gasteiger partial charge is 0.453 e. The molecule has 1 aliphatic carbocycles. The topological polar surface area (TPSA) is 96.5 Å². The van der Waals surface area contributed by atoms with Crippen molar-refractivity contribution in [1.82, 2.24) is 20.2 Å².